The van der Waals surface area contributed by atoms with Crippen molar-refractivity contribution in [3.8, 4) is 0 Å². The van der Waals surface area contributed by atoms with E-state index in [1.165, 1.54) is 7.11 Å². The molecule has 0 spiro atoms. The highest BCUT2D eigenvalue weighted by Crippen LogP contribution is 2.33. The predicted octanol–water partition coefficient (Wildman–Crippen LogP) is 0.194. The molecule has 2 aliphatic rings. The minimum Gasteiger partial charge on any atom is -0.387 e. The number of rotatable bonds is 2. The fourth-order valence-corrected chi connectivity index (χ4v) is 2.55. The molecule has 110 valence electrons. The number of aliphatic hydroxyl groups excluding tert-OH is 2. The van der Waals surface area contributed by atoms with Gasteiger partial charge in [-0.1, -0.05) is 30.3 Å². The highest BCUT2D eigenvalue weighted by Gasteiger charge is 2.48. The molecule has 3 rings (SSSR count). The van der Waals surface area contributed by atoms with Gasteiger partial charge in [-0.15, -0.1) is 0 Å². The zero-order valence-corrected chi connectivity index (χ0v) is 11.1. The lowest BCUT2D eigenvalue weighted by atomic mass is 9.98. The highest BCUT2D eigenvalue weighted by molar-refractivity contribution is 5.16. The molecule has 20 heavy (non-hydrogen) atoms. The zero-order chi connectivity index (χ0) is 14.1. The van der Waals surface area contributed by atoms with Gasteiger partial charge >= 0.3 is 0 Å². The lowest BCUT2D eigenvalue weighted by Gasteiger charge is -2.45. The lowest BCUT2D eigenvalue weighted by molar-refractivity contribution is -0.358. The summed E-state index contributed by atoms with van der Waals surface area (Å²) in [5.41, 5.74) is 0.863. The van der Waals surface area contributed by atoms with Crippen molar-refractivity contribution in [2.24, 2.45) is 0 Å². The SMILES string of the molecule is CO[C@@H]1O[C@H]2CO[C@H](c3ccccc3)O[C@H]2[C@@H](O)[C@@H]1O. The van der Waals surface area contributed by atoms with Gasteiger partial charge in [-0.25, -0.2) is 0 Å². The van der Waals surface area contributed by atoms with Crippen LogP contribution in [0.3, 0.4) is 0 Å². The highest BCUT2D eigenvalue weighted by atomic mass is 16.7. The Morgan fingerprint density at radius 1 is 1.10 bits per heavy atom. The van der Waals surface area contributed by atoms with Crippen molar-refractivity contribution in [2.45, 2.75) is 37.0 Å². The monoisotopic (exact) mass is 282 g/mol. The maximum atomic E-state index is 10.1. The van der Waals surface area contributed by atoms with E-state index in [1.54, 1.807) is 0 Å². The summed E-state index contributed by atoms with van der Waals surface area (Å²) in [4.78, 5) is 0. The number of hydrogen-bond acceptors (Lipinski definition) is 6. The molecule has 2 fully saturated rings. The van der Waals surface area contributed by atoms with Crippen molar-refractivity contribution in [1.29, 1.82) is 0 Å². The molecular formula is C14H18O6. The summed E-state index contributed by atoms with van der Waals surface area (Å²) in [6.07, 6.45) is -4.76. The Kier molecular flexibility index (Phi) is 4.02. The van der Waals surface area contributed by atoms with E-state index in [2.05, 4.69) is 0 Å². The summed E-state index contributed by atoms with van der Waals surface area (Å²) in [5, 5.41) is 20.1. The first-order chi connectivity index (χ1) is 9.70. The Bertz CT molecular complexity index is 437. The summed E-state index contributed by atoms with van der Waals surface area (Å²) in [6.45, 7) is 0.272. The number of benzene rings is 1. The van der Waals surface area contributed by atoms with Gasteiger partial charge in [0, 0.05) is 12.7 Å². The van der Waals surface area contributed by atoms with Gasteiger partial charge in [-0.05, 0) is 0 Å². The van der Waals surface area contributed by atoms with Crippen LogP contribution in [0.2, 0.25) is 0 Å². The standard InChI is InChI=1S/C14H18O6/c1-17-14-11(16)10(15)12-9(19-14)7-18-13(20-12)8-5-3-2-4-6-8/h2-6,9-16H,7H2,1H3/t9-,10-,11-,12+,13-,14+/m0/s1. The lowest BCUT2D eigenvalue weighted by Crippen LogP contribution is -2.62. The van der Waals surface area contributed by atoms with Gasteiger partial charge in [0.15, 0.2) is 12.6 Å². The molecule has 0 aliphatic carbocycles. The van der Waals surface area contributed by atoms with Crippen molar-refractivity contribution >= 4 is 0 Å². The molecule has 2 heterocycles. The van der Waals surface area contributed by atoms with Crippen molar-refractivity contribution in [3.63, 3.8) is 0 Å². The second-order valence-corrected chi connectivity index (χ2v) is 4.94. The Labute approximate surface area is 116 Å². The first kappa shape index (κ1) is 13.9. The Hall–Kier alpha value is -1.02. The van der Waals surface area contributed by atoms with Crippen molar-refractivity contribution in [2.75, 3.05) is 13.7 Å². The second-order valence-electron chi connectivity index (χ2n) is 4.94. The van der Waals surface area contributed by atoms with Crippen LogP contribution in [0.1, 0.15) is 11.9 Å². The van der Waals surface area contributed by atoms with Crippen LogP contribution in [0.4, 0.5) is 0 Å². The van der Waals surface area contributed by atoms with E-state index < -0.39 is 37.0 Å². The summed E-state index contributed by atoms with van der Waals surface area (Å²) in [7, 11) is 1.41. The van der Waals surface area contributed by atoms with E-state index in [9.17, 15) is 10.2 Å². The van der Waals surface area contributed by atoms with Gasteiger partial charge in [0.05, 0.1) is 6.61 Å². The fraction of sp³-hybridized carbons (Fsp3) is 0.571. The molecule has 0 bridgehead atoms. The van der Waals surface area contributed by atoms with Crippen LogP contribution in [0.25, 0.3) is 0 Å². The Morgan fingerprint density at radius 3 is 2.55 bits per heavy atom. The molecule has 0 unspecified atom stereocenters. The third-order valence-corrected chi connectivity index (χ3v) is 3.64. The maximum Gasteiger partial charge on any atom is 0.186 e. The van der Waals surface area contributed by atoms with Crippen LogP contribution in [-0.2, 0) is 18.9 Å². The smallest absolute Gasteiger partial charge is 0.186 e. The van der Waals surface area contributed by atoms with Crippen LogP contribution in [0.5, 0.6) is 0 Å². The Morgan fingerprint density at radius 2 is 1.85 bits per heavy atom. The van der Waals surface area contributed by atoms with Gasteiger partial charge in [-0.2, -0.15) is 0 Å². The summed E-state index contributed by atoms with van der Waals surface area (Å²) >= 11 is 0. The van der Waals surface area contributed by atoms with E-state index in [1.807, 2.05) is 30.3 Å². The third-order valence-electron chi connectivity index (χ3n) is 3.64. The number of aliphatic hydroxyl groups is 2. The molecule has 0 amide bonds. The largest absolute Gasteiger partial charge is 0.387 e. The molecule has 1 aromatic rings. The molecule has 1 aromatic carbocycles. The molecule has 2 saturated heterocycles. The number of methoxy groups -OCH3 is 1. The molecule has 6 atom stereocenters. The van der Waals surface area contributed by atoms with E-state index in [0.717, 1.165) is 5.56 Å². The molecule has 0 aromatic heterocycles. The average Bonchev–Trinajstić information content (AvgIpc) is 2.51. The van der Waals surface area contributed by atoms with Crippen LogP contribution < -0.4 is 0 Å². The van der Waals surface area contributed by atoms with Gasteiger partial charge in [0.25, 0.3) is 0 Å². The van der Waals surface area contributed by atoms with E-state index in [-0.39, 0.29) is 6.61 Å². The predicted molar refractivity (Wildman–Crippen MR) is 67.7 cm³/mol. The van der Waals surface area contributed by atoms with Crippen LogP contribution in [-0.4, -0.2) is 54.6 Å². The van der Waals surface area contributed by atoms with E-state index in [4.69, 9.17) is 18.9 Å². The van der Waals surface area contributed by atoms with E-state index in [0.29, 0.717) is 0 Å². The van der Waals surface area contributed by atoms with Gasteiger partial charge in [0.1, 0.15) is 24.4 Å². The van der Waals surface area contributed by atoms with Crippen molar-refractivity contribution in [1.82, 2.24) is 0 Å². The normalized spacial score (nSPS) is 41.1. The minimum absolute atomic E-state index is 0.272. The van der Waals surface area contributed by atoms with Crippen LogP contribution in [0, 0.1) is 0 Å². The molecule has 2 aliphatic heterocycles. The number of ether oxygens (including phenoxy) is 4. The van der Waals surface area contributed by atoms with Crippen molar-refractivity contribution in [3.05, 3.63) is 35.9 Å². The summed E-state index contributed by atoms with van der Waals surface area (Å²) in [5.74, 6) is 0. The average molecular weight is 282 g/mol. The third kappa shape index (κ3) is 2.46. The van der Waals surface area contributed by atoms with Crippen LogP contribution >= 0.6 is 0 Å². The summed E-state index contributed by atoms with van der Waals surface area (Å²) in [6, 6.07) is 9.45. The maximum absolute atomic E-state index is 10.1. The molecule has 6 nitrogen and oxygen atoms in total. The second kappa shape index (κ2) is 5.77. The zero-order valence-electron chi connectivity index (χ0n) is 11.1. The molecular weight excluding hydrogens is 264 g/mol. The quantitative estimate of drug-likeness (QED) is 0.806. The topological polar surface area (TPSA) is 77.4 Å². The van der Waals surface area contributed by atoms with Gasteiger partial charge < -0.3 is 29.2 Å². The van der Waals surface area contributed by atoms with Gasteiger partial charge in [-0.3, -0.25) is 0 Å². The first-order valence-electron chi connectivity index (χ1n) is 6.57. The first-order valence-corrected chi connectivity index (χ1v) is 6.57. The molecule has 6 heteroatoms. The van der Waals surface area contributed by atoms with Crippen LogP contribution in [0.15, 0.2) is 30.3 Å². The number of hydrogen-bond donors (Lipinski definition) is 2. The number of fused-ring (bicyclic) bond motifs is 1. The van der Waals surface area contributed by atoms with Crippen molar-refractivity contribution < 1.29 is 29.2 Å². The fourth-order valence-electron chi connectivity index (χ4n) is 2.55. The Balaban J connectivity index is 1.74. The molecule has 2 N–H and O–H groups in total. The van der Waals surface area contributed by atoms with Gasteiger partial charge in [0.2, 0.25) is 0 Å². The molecule has 0 saturated carbocycles. The summed E-state index contributed by atoms with van der Waals surface area (Å²) < 4.78 is 21.9. The molecule has 0 radical (unpaired) electrons. The van der Waals surface area contributed by atoms with E-state index >= 15 is 0 Å². The minimum atomic E-state index is -1.14.